The first-order valence-corrected chi connectivity index (χ1v) is 9.31. The lowest BCUT2D eigenvalue weighted by Gasteiger charge is -2.18. The number of nitrogens with zero attached hydrogens (tertiary/aromatic N) is 2. The first-order valence-electron chi connectivity index (χ1n) is 9.31. The second kappa shape index (κ2) is 9.04. The highest BCUT2D eigenvalue weighted by Crippen LogP contribution is 2.32. The van der Waals surface area contributed by atoms with Gasteiger partial charge in [0.05, 0.1) is 19.9 Å². The van der Waals surface area contributed by atoms with Gasteiger partial charge in [-0.05, 0) is 54.8 Å². The van der Waals surface area contributed by atoms with E-state index in [-0.39, 0.29) is 29.4 Å². The van der Waals surface area contributed by atoms with Crippen molar-refractivity contribution in [2.24, 2.45) is 0 Å². The zero-order valence-corrected chi connectivity index (χ0v) is 17.5. The normalized spacial score (nSPS) is 11.4. The molecule has 0 saturated heterocycles. The van der Waals surface area contributed by atoms with Crippen LogP contribution in [-0.4, -0.2) is 23.0 Å². The van der Waals surface area contributed by atoms with Crippen LogP contribution in [0.2, 0.25) is 0 Å². The van der Waals surface area contributed by atoms with Crippen molar-refractivity contribution < 1.29 is 35.8 Å². The largest absolute Gasteiger partial charge is 0.573 e. The third-order valence-corrected chi connectivity index (χ3v) is 4.57. The van der Waals surface area contributed by atoms with Crippen molar-refractivity contribution in [2.75, 3.05) is 12.4 Å². The van der Waals surface area contributed by atoms with Gasteiger partial charge in [0.15, 0.2) is 17.5 Å². The van der Waals surface area contributed by atoms with Crippen molar-refractivity contribution in [1.29, 1.82) is 0 Å². The summed E-state index contributed by atoms with van der Waals surface area (Å²) in [6.45, 7) is 2.65. The fourth-order valence-corrected chi connectivity index (χ4v) is 3.01. The van der Waals surface area contributed by atoms with E-state index in [0.29, 0.717) is 11.3 Å². The molecule has 3 rings (SSSR count). The number of halogens is 6. The van der Waals surface area contributed by atoms with E-state index in [2.05, 4.69) is 15.0 Å². The molecule has 33 heavy (non-hydrogen) atoms. The number of aryl methyl sites for hydroxylation is 2. The maximum atomic E-state index is 13.6. The molecule has 12 heteroatoms. The predicted molar refractivity (Wildman–Crippen MR) is 106 cm³/mol. The smallest absolute Gasteiger partial charge is 0.490 e. The molecule has 2 aromatic carbocycles. The monoisotopic (exact) mass is 473 g/mol. The third-order valence-electron chi connectivity index (χ3n) is 4.57. The minimum Gasteiger partial charge on any atom is -0.490 e. The van der Waals surface area contributed by atoms with Gasteiger partial charge in [-0.25, -0.2) is 13.2 Å². The summed E-state index contributed by atoms with van der Waals surface area (Å²) in [5, 5.41) is 2.82. The summed E-state index contributed by atoms with van der Waals surface area (Å²) in [4.78, 5) is 16.0. The van der Waals surface area contributed by atoms with Crippen molar-refractivity contribution in [3.05, 3.63) is 75.0 Å². The number of anilines is 2. The number of hydrogen-bond donors (Lipinski definition) is 1. The number of aromatic nitrogens is 2. The molecule has 0 unspecified atom stereocenters. The zero-order valence-electron chi connectivity index (χ0n) is 17.5. The van der Waals surface area contributed by atoms with E-state index >= 15 is 0 Å². The van der Waals surface area contributed by atoms with Gasteiger partial charge in [0.1, 0.15) is 5.75 Å². The highest BCUT2D eigenvalue weighted by Gasteiger charge is 2.32. The van der Waals surface area contributed by atoms with Gasteiger partial charge < -0.3 is 19.4 Å². The summed E-state index contributed by atoms with van der Waals surface area (Å²) in [5.41, 5.74) is 0.0213. The van der Waals surface area contributed by atoms with E-state index < -0.39 is 35.1 Å². The average Bonchev–Trinajstić information content (AvgIpc) is 2.70. The molecule has 0 amide bonds. The molecule has 0 atom stereocenters. The summed E-state index contributed by atoms with van der Waals surface area (Å²) in [7, 11) is 1.22. The van der Waals surface area contributed by atoms with Crippen LogP contribution >= 0.6 is 0 Å². The average molecular weight is 473 g/mol. The number of benzene rings is 2. The Balaban J connectivity index is 2.02. The number of nitrogens with one attached hydrogen (secondary N) is 1. The van der Waals surface area contributed by atoms with Crippen molar-refractivity contribution in [3.63, 3.8) is 0 Å². The van der Waals surface area contributed by atoms with Crippen LogP contribution in [0.1, 0.15) is 16.7 Å². The molecular weight excluding hydrogens is 456 g/mol. The molecule has 1 aromatic heterocycles. The highest BCUT2D eigenvalue weighted by atomic mass is 19.4. The molecule has 1 heterocycles. The van der Waals surface area contributed by atoms with Crippen molar-refractivity contribution >= 4 is 11.6 Å². The first-order chi connectivity index (χ1) is 15.4. The topological polar surface area (TPSA) is 65.4 Å². The summed E-state index contributed by atoms with van der Waals surface area (Å²) in [6.07, 6.45) is -3.65. The quantitative estimate of drug-likeness (QED) is 0.404. The van der Waals surface area contributed by atoms with Crippen LogP contribution in [0.5, 0.6) is 11.5 Å². The minimum atomic E-state index is -4.87. The zero-order chi connectivity index (χ0) is 24.5. The van der Waals surface area contributed by atoms with E-state index in [9.17, 15) is 31.1 Å². The Labute approximate surface area is 183 Å². The SMILES string of the molecule is COc1cn(Cc2cc(F)c(F)c(F)c2)c(Nc2cc(C)c(OC(F)(F)F)cc2C)nc1=O. The molecule has 0 fully saturated rings. The lowest BCUT2D eigenvalue weighted by Crippen LogP contribution is -2.19. The van der Waals surface area contributed by atoms with Gasteiger partial charge in [-0.1, -0.05) is 0 Å². The second-order valence-electron chi connectivity index (χ2n) is 7.04. The van der Waals surface area contributed by atoms with E-state index in [1.807, 2.05) is 0 Å². The Morgan fingerprint density at radius 2 is 1.64 bits per heavy atom. The molecular formula is C21H17F6N3O3. The van der Waals surface area contributed by atoms with Crippen molar-refractivity contribution in [3.8, 4) is 11.5 Å². The van der Waals surface area contributed by atoms with Gasteiger partial charge >= 0.3 is 11.9 Å². The fraction of sp³-hybridized carbons (Fsp3) is 0.238. The molecule has 0 aliphatic rings. The molecule has 176 valence electrons. The lowest BCUT2D eigenvalue weighted by molar-refractivity contribution is -0.274. The molecule has 0 aliphatic carbocycles. The van der Waals surface area contributed by atoms with E-state index in [1.54, 1.807) is 0 Å². The van der Waals surface area contributed by atoms with Crippen LogP contribution in [0.3, 0.4) is 0 Å². The van der Waals surface area contributed by atoms with Gasteiger partial charge in [0.2, 0.25) is 11.7 Å². The van der Waals surface area contributed by atoms with Gasteiger partial charge in [-0.15, -0.1) is 13.2 Å². The van der Waals surface area contributed by atoms with Crippen molar-refractivity contribution in [1.82, 2.24) is 9.55 Å². The number of alkyl halides is 3. The van der Waals surface area contributed by atoms with Crippen molar-refractivity contribution in [2.45, 2.75) is 26.8 Å². The summed E-state index contributed by atoms with van der Waals surface area (Å²) >= 11 is 0. The molecule has 0 radical (unpaired) electrons. The van der Waals surface area contributed by atoms with Crippen LogP contribution in [0.15, 0.2) is 35.3 Å². The Bertz CT molecular complexity index is 1230. The molecule has 6 nitrogen and oxygen atoms in total. The Morgan fingerprint density at radius 1 is 1.00 bits per heavy atom. The van der Waals surface area contributed by atoms with Gasteiger partial charge in [0.25, 0.3) is 0 Å². The van der Waals surface area contributed by atoms with Crippen LogP contribution in [0.25, 0.3) is 0 Å². The minimum absolute atomic E-state index is 0.0174. The number of methoxy groups -OCH3 is 1. The summed E-state index contributed by atoms with van der Waals surface area (Å²) < 4.78 is 88.5. The van der Waals surface area contributed by atoms with Gasteiger partial charge in [-0.2, -0.15) is 4.98 Å². The van der Waals surface area contributed by atoms with Crippen LogP contribution in [0.4, 0.5) is 38.0 Å². The number of rotatable bonds is 6. The number of ether oxygens (including phenoxy) is 2. The summed E-state index contributed by atoms with van der Waals surface area (Å²) in [5.74, 6) is -5.09. The van der Waals surface area contributed by atoms with E-state index in [1.165, 1.54) is 37.8 Å². The highest BCUT2D eigenvalue weighted by molar-refractivity contribution is 5.62. The lowest BCUT2D eigenvalue weighted by atomic mass is 10.1. The van der Waals surface area contributed by atoms with E-state index in [0.717, 1.165) is 18.2 Å². The third kappa shape index (κ3) is 5.57. The Morgan fingerprint density at radius 3 is 2.21 bits per heavy atom. The van der Waals surface area contributed by atoms with Gasteiger partial charge in [0, 0.05) is 5.69 Å². The van der Waals surface area contributed by atoms with Crippen LogP contribution in [0, 0.1) is 31.3 Å². The molecule has 0 aliphatic heterocycles. The number of hydrogen-bond acceptors (Lipinski definition) is 5. The van der Waals surface area contributed by atoms with E-state index in [4.69, 9.17) is 4.74 Å². The molecule has 3 aromatic rings. The molecule has 1 N–H and O–H groups in total. The maximum absolute atomic E-state index is 13.6. The maximum Gasteiger partial charge on any atom is 0.573 e. The second-order valence-corrected chi connectivity index (χ2v) is 7.04. The molecule has 0 saturated carbocycles. The standard InChI is InChI=1S/C21H17F6N3O3/c1-10-5-16(33-21(25,26)27)11(2)4-15(10)28-20-29-19(31)17(32-3)9-30(20)8-12-6-13(22)18(24)14(23)7-12/h4-7,9H,8H2,1-3H3,(H,28,29,31). The van der Waals surface area contributed by atoms with Gasteiger partial charge in [-0.3, -0.25) is 4.79 Å². The first kappa shape index (κ1) is 24.0. The predicted octanol–water partition coefficient (Wildman–Crippen LogP) is 4.98. The summed E-state index contributed by atoms with van der Waals surface area (Å²) in [6, 6.07) is 4.08. The molecule has 0 spiro atoms. The van der Waals surface area contributed by atoms with Crippen LogP contribution < -0.4 is 20.3 Å². The Kier molecular flexibility index (Phi) is 6.56. The van der Waals surface area contributed by atoms with Crippen LogP contribution in [-0.2, 0) is 6.54 Å². The Hall–Kier alpha value is -3.70. The fourth-order valence-electron chi connectivity index (χ4n) is 3.01. The molecule has 0 bridgehead atoms.